The van der Waals surface area contributed by atoms with Crippen molar-refractivity contribution in [3.8, 4) is 6.07 Å². The lowest BCUT2D eigenvalue weighted by Crippen LogP contribution is -2.47. The van der Waals surface area contributed by atoms with Gasteiger partial charge in [0.05, 0.1) is 11.6 Å². The molecule has 0 bridgehead atoms. The summed E-state index contributed by atoms with van der Waals surface area (Å²) in [5.41, 5.74) is 1.21. The van der Waals surface area contributed by atoms with Gasteiger partial charge in [0.2, 0.25) is 0 Å². The fourth-order valence-corrected chi connectivity index (χ4v) is 2.57. The third kappa shape index (κ3) is 4.47. The first-order valence-corrected chi connectivity index (χ1v) is 7.52. The number of anilines is 1. The van der Waals surface area contributed by atoms with Gasteiger partial charge in [0.25, 0.3) is 0 Å². The number of amides is 2. The maximum absolute atomic E-state index is 12.3. The predicted octanol–water partition coefficient (Wildman–Crippen LogP) is 2.55. The van der Waals surface area contributed by atoms with Crippen LogP contribution < -0.4 is 10.6 Å². The number of nitriles is 1. The first-order chi connectivity index (χ1) is 10.2. The summed E-state index contributed by atoms with van der Waals surface area (Å²) in [4.78, 5) is 14.1. The maximum Gasteiger partial charge on any atom is 0.321 e. The number of nitrogens with one attached hydrogen (secondary N) is 2. The van der Waals surface area contributed by atoms with Gasteiger partial charge in [-0.2, -0.15) is 5.26 Å². The summed E-state index contributed by atoms with van der Waals surface area (Å²) < 4.78 is 0. The molecule has 1 aromatic carbocycles. The van der Waals surface area contributed by atoms with E-state index in [0.717, 1.165) is 19.5 Å². The van der Waals surface area contributed by atoms with Gasteiger partial charge in [-0.25, -0.2) is 4.79 Å². The van der Waals surface area contributed by atoms with E-state index < -0.39 is 0 Å². The van der Waals surface area contributed by atoms with Crippen LogP contribution in [0.2, 0.25) is 0 Å². The van der Waals surface area contributed by atoms with E-state index >= 15 is 0 Å². The molecule has 0 saturated carbocycles. The quantitative estimate of drug-likeness (QED) is 0.893. The largest absolute Gasteiger partial charge is 0.323 e. The second-order valence-corrected chi connectivity index (χ2v) is 5.31. The molecule has 112 valence electrons. The molecule has 5 nitrogen and oxygen atoms in total. The van der Waals surface area contributed by atoms with Gasteiger partial charge >= 0.3 is 6.03 Å². The maximum atomic E-state index is 12.3. The van der Waals surface area contributed by atoms with Crippen LogP contribution in [0, 0.1) is 11.3 Å². The third-order valence-corrected chi connectivity index (χ3v) is 3.77. The van der Waals surface area contributed by atoms with Gasteiger partial charge in [-0.1, -0.05) is 12.5 Å². The lowest BCUT2D eigenvalue weighted by atomic mass is 10.0. The lowest BCUT2D eigenvalue weighted by molar-refractivity contribution is 0.203. The van der Waals surface area contributed by atoms with E-state index in [0.29, 0.717) is 23.8 Å². The molecule has 0 spiro atoms. The Morgan fingerprint density at radius 2 is 2.38 bits per heavy atom. The van der Waals surface area contributed by atoms with Crippen LogP contribution in [0.25, 0.3) is 0 Å². The number of carbonyl (C=O) groups excluding carboxylic acids is 1. The summed E-state index contributed by atoms with van der Waals surface area (Å²) in [5.74, 6) is 0. The van der Waals surface area contributed by atoms with Crippen molar-refractivity contribution in [2.24, 2.45) is 0 Å². The minimum absolute atomic E-state index is 0.111. The number of urea groups is 1. The van der Waals surface area contributed by atoms with Crippen molar-refractivity contribution in [3.63, 3.8) is 0 Å². The highest BCUT2D eigenvalue weighted by atomic mass is 16.2. The first-order valence-electron chi connectivity index (χ1n) is 7.52. The highest BCUT2D eigenvalue weighted by Crippen LogP contribution is 2.12. The summed E-state index contributed by atoms with van der Waals surface area (Å²) in [7, 11) is 0. The van der Waals surface area contributed by atoms with Crippen LogP contribution in [0.3, 0.4) is 0 Å². The molecular weight excluding hydrogens is 264 g/mol. The molecule has 1 saturated heterocycles. The summed E-state index contributed by atoms with van der Waals surface area (Å²) in [6, 6.07) is 9.32. The van der Waals surface area contributed by atoms with E-state index in [1.54, 1.807) is 24.3 Å². The Hall–Kier alpha value is -2.06. The molecule has 1 atom stereocenters. The molecule has 5 heteroatoms. The van der Waals surface area contributed by atoms with Gasteiger partial charge in [-0.3, -0.25) is 0 Å². The number of hydrogen-bond donors (Lipinski definition) is 2. The molecule has 1 unspecified atom stereocenters. The molecule has 1 fully saturated rings. The van der Waals surface area contributed by atoms with E-state index in [1.807, 2.05) is 11.8 Å². The van der Waals surface area contributed by atoms with E-state index in [4.69, 9.17) is 5.26 Å². The van der Waals surface area contributed by atoms with Gasteiger partial charge < -0.3 is 15.5 Å². The van der Waals surface area contributed by atoms with Crippen molar-refractivity contribution >= 4 is 11.7 Å². The van der Waals surface area contributed by atoms with Crippen molar-refractivity contribution in [2.45, 2.75) is 32.2 Å². The second-order valence-electron chi connectivity index (χ2n) is 5.31. The smallest absolute Gasteiger partial charge is 0.321 e. The van der Waals surface area contributed by atoms with Crippen molar-refractivity contribution in [1.29, 1.82) is 5.26 Å². The molecule has 1 heterocycles. The monoisotopic (exact) mass is 286 g/mol. The lowest BCUT2D eigenvalue weighted by Gasteiger charge is -2.30. The predicted molar refractivity (Wildman–Crippen MR) is 83.1 cm³/mol. The average molecular weight is 286 g/mol. The molecule has 21 heavy (non-hydrogen) atoms. The minimum Gasteiger partial charge on any atom is -0.323 e. The average Bonchev–Trinajstić information content (AvgIpc) is 2.53. The van der Waals surface area contributed by atoms with Crippen LogP contribution in [0.5, 0.6) is 0 Å². The Morgan fingerprint density at radius 3 is 3.05 bits per heavy atom. The molecule has 0 aliphatic carbocycles. The number of nitrogens with zero attached hydrogens (tertiary/aromatic N) is 2. The van der Waals surface area contributed by atoms with Gasteiger partial charge in [0.15, 0.2) is 0 Å². The Bertz CT molecular complexity index is 517. The molecule has 2 rings (SSSR count). The normalized spacial score (nSPS) is 17.8. The summed E-state index contributed by atoms with van der Waals surface area (Å²) in [5, 5.41) is 15.2. The van der Waals surface area contributed by atoms with E-state index in [1.165, 1.54) is 12.8 Å². The molecule has 2 N–H and O–H groups in total. The zero-order chi connectivity index (χ0) is 15.1. The summed E-state index contributed by atoms with van der Waals surface area (Å²) >= 11 is 0. The molecule has 1 aliphatic rings. The van der Waals surface area contributed by atoms with Gasteiger partial charge in [-0.05, 0) is 44.5 Å². The Morgan fingerprint density at radius 1 is 1.52 bits per heavy atom. The zero-order valence-corrected chi connectivity index (χ0v) is 12.4. The summed E-state index contributed by atoms with van der Waals surface area (Å²) in [6.07, 6.45) is 3.56. The van der Waals surface area contributed by atoms with Gasteiger partial charge in [-0.15, -0.1) is 0 Å². The summed E-state index contributed by atoms with van der Waals surface area (Å²) in [6.45, 7) is 4.41. The Kier molecular flexibility index (Phi) is 5.59. The zero-order valence-electron chi connectivity index (χ0n) is 12.4. The Labute approximate surface area is 125 Å². The molecule has 1 aromatic rings. The fraction of sp³-hybridized carbons (Fsp3) is 0.500. The number of benzene rings is 1. The standard InChI is InChI=1S/C16H22N4O/c1-2-20(12-15-7-3-4-9-18-15)16(21)19-14-8-5-6-13(10-14)11-17/h5-6,8,10,15,18H,2-4,7,9,12H2,1H3,(H,19,21). The first kappa shape index (κ1) is 15.3. The number of rotatable bonds is 4. The van der Waals surface area contributed by atoms with Crippen LogP contribution in [-0.2, 0) is 0 Å². The van der Waals surface area contributed by atoms with Crippen molar-refractivity contribution in [1.82, 2.24) is 10.2 Å². The highest BCUT2D eigenvalue weighted by molar-refractivity contribution is 5.89. The number of hydrogen-bond acceptors (Lipinski definition) is 3. The second kappa shape index (κ2) is 7.65. The van der Waals surface area contributed by atoms with E-state index in [-0.39, 0.29) is 6.03 Å². The third-order valence-electron chi connectivity index (χ3n) is 3.77. The molecule has 0 radical (unpaired) electrons. The van der Waals surface area contributed by atoms with Crippen molar-refractivity contribution < 1.29 is 4.79 Å². The minimum atomic E-state index is -0.111. The molecule has 0 aromatic heterocycles. The van der Waals surface area contributed by atoms with E-state index in [9.17, 15) is 4.79 Å². The van der Waals surface area contributed by atoms with Crippen LogP contribution in [-0.4, -0.2) is 36.6 Å². The van der Waals surface area contributed by atoms with Crippen LogP contribution >= 0.6 is 0 Å². The Balaban J connectivity index is 1.94. The molecule has 1 aliphatic heterocycles. The highest BCUT2D eigenvalue weighted by Gasteiger charge is 2.19. The topological polar surface area (TPSA) is 68.2 Å². The fourth-order valence-electron chi connectivity index (χ4n) is 2.57. The van der Waals surface area contributed by atoms with Crippen molar-refractivity contribution in [3.05, 3.63) is 29.8 Å². The van der Waals surface area contributed by atoms with Crippen LogP contribution in [0.4, 0.5) is 10.5 Å². The van der Waals surface area contributed by atoms with Crippen molar-refractivity contribution in [2.75, 3.05) is 25.0 Å². The number of carbonyl (C=O) groups is 1. The van der Waals surface area contributed by atoms with Gasteiger partial charge in [0.1, 0.15) is 0 Å². The van der Waals surface area contributed by atoms with Crippen LogP contribution in [0.15, 0.2) is 24.3 Å². The molecular formula is C16H22N4O. The molecule has 2 amide bonds. The van der Waals surface area contributed by atoms with Gasteiger partial charge in [0, 0.05) is 24.8 Å². The SMILES string of the molecule is CCN(CC1CCCCN1)C(=O)Nc1cccc(C#N)c1. The number of piperidine rings is 1. The van der Waals surface area contributed by atoms with E-state index in [2.05, 4.69) is 16.7 Å². The number of likely N-dealkylation sites (N-methyl/N-ethyl adjacent to an activating group) is 1. The van der Waals surface area contributed by atoms with Crippen LogP contribution in [0.1, 0.15) is 31.7 Å².